The fourth-order valence-electron chi connectivity index (χ4n) is 2.66. The number of nitrogens with one attached hydrogen (secondary N) is 1. The number of rotatable bonds is 6. The van der Waals surface area contributed by atoms with Crippen LogP contribution in [0.4, 0.5) is 0 Å². The number of carbonyl (C=O) groups excluding carboxylic acids is 1. The lowest BCUT2D eigenvalue weighted by Crippen LogP contribution is -2.27. The van der Waals surface area contributed by atoms with Crippen molar-refractivity contribution < 1.29 is 13.2 Å². The molecule has 1 aliphatic rings. The van der Waals surface area contributed by atoms with Crippen LogP contribution < -0.4 is 5.32 Å². The molecule has 1 aliphatic heterocycles. The summed E-state index contributed by atoms with van der Waals surface area (Å²) in [6, 6.07) is 10.6. The Kier molecular flexibility index (Phi) is 6.13. The first-order valence-electron chi connectivity index (χ1n) is 8.26. The summed E-state index contributed by atoms with van der Waals surface area (Å²) in [6.07, 6.45) is 4.88. The maximum absolute atomic E-state index is 12.5. The second-order valence-corrected chi connectivity index (χ2v) is 9.64. The summed E-state index contributed by atoms with van der Waals surface area (Å²) in [7, 11) is -3.40. The molecule has 1 N–H and O–H groups in total. The van der Waals surface area contributed by atoms with Crippen LogP contribution in [0, 0.1) is 0 Å². The van der Waals surface area contributed by atoms with E-state index in [9.17, 15) is 13.2 Å². The number of sulfonamides is 1. The highest BCUT2D eigenvalue weighted by molar-refractivity contribution is 7.91. The lowest BCUT2D eigenvalue weighted by atomic mass is 10.2. The molecule has 0 saturated carbocycles. The predicted molar refractivity (Wildman–Crippen MR) is 105 cm³/mol. The molecule has 5 nitrogen and oxygen atoms in total. The molecule has 0 unspecified atom stereocenters. The van der Waals surface area contributed by atoms with Crippen molar-refractivity contribution in [1.29, 1.82) is 0 Å². The third-order valence-electron chi connectivity index (χ3n) is 4.05. The van der Waals surface area contributed by atoms with Crippen LogP contribution in [0.15, 0.2) is 46.7 Å². The van der Waals surface area contributed by atoms with E-state index in [0.29, 0.717) is 22.3 Å². The van der Waals surface area contributed by atoms with Crippen LogP contribution in [-0.2, 0) is 21.4 Å². The van der Waals surface area contributed by atoms with Crippen molar-refractivity contribution in [3.8, 4) is 0 Å². The summed E-state index contributed by atoms with van der Waals surface area (Å²) in [4.78, 5) is 12.7. The Bertz CT molecular complexity index is 916. The topological polar surface area (TPSA) is 66.5 Å². The number of thiophene rings is 1. The van der Waals surface area contributed by atoms with Crippen molar-refractivity contribution in [1.82, 2.24) is 9.62 Å². The van der Waals surface area contributed by atoms with Crippen LogP contribution in [0.3, 0.4) is 0 Å². The van der Waals surface area contributed by atoms with E-state index in [1.807, 2.05) is 18.2 Å². The Balaban J connectivity index is 1.58. The van der Waals surface area contributed by atoms with E-state index >= 15 is 0 Å². The van der Waals surface area contributed by atoms with Gasteiger partial charge in [-0.05, 0) is 42.7 Å². The Hall–Kier alpha value is -1.67. The smallest absolute Gasteiger partial charge is 0.252 e. The van der Waals surface area contributed by atoms with E-state index in [1.165, 1.54) is 21.7 Å². The molecule has 0 bridgehead atoms. The largest absolute Gasteiger partial charge is 0.348 e. The lowest BCUT2D eigenvalue weighted by molar-refractivity contribution is -0.116. The molecular formula is C18H19ClN2O3S2. The molecule has 0 spiro atoms. The molecule has 3 rings (SSSR count). The SMILES string of the molecule is O=C(/C=C/c1ccccc1Cl)NCc1ccc(S(=O)(=O)N2CCCC2)s1. The van der Waals surface area contributed by atoms with Gasteiger partial charge in [0.1, 0.15) is 4.21 Å². The van der Waals surface area contributed by atoms with Crippen LogP contribution in [0.2, 0.25) is 5.02 Å². The third-order valence-corrected chi connectivity index (χ3v) is 7.85. The summed E-state index contributed by atoms with van der Waals surface area (Å²) in [6.45, 7) is 1.45. The average molecular weight is 411 g/mol. The van der Waals surface area contributed by atoms with Crippen molar-refractivity contribution in [3.05, 3.63) is 57.9 Å². The van der Waals surface area contributed by atoms with Crippen molar-refractivity contribution in [2.24, 2.45) is 0 Å². The van der Waals surface area contributed by atoms with Gasteiger partial charge in [-0.3, -0.25) is 4.79 Å². The molecular weight excluding hydrogens is 392 g/mol. The summed E-state index contributed by atoms with van der Waals surface area (Å²) in [5.74, 6) is -0.262. The van der Waals surface area contributed by atoms with E-state index in [4.69, 9.17) is 11.6 Å². The molecule has 0 atom stereocenters. The first-order valence-corrected chi connectivity index (χ1v) is 10.9. The number of carbonyl (C=O) groups is 1. The van der Waals surface area contributed by atoms with Gasteiger partial charge in [0.05, 0.1) is 6.54 Å². The van der Waals surface area contributed by atoms with Gasteiger partial charge >= 0.3 is 0 Å². The number of nitrogens with zero attached hydrogens (tertiary/aromatic N) is 1. The van der Waals surface area contributed by atoms with Gasteiger partial charge in [0, 0.05) is 29.1 Å². The first kappa shape index (κ1) is 19.1. The number of halogens is 1. The normalized spacial score (nSPS) is 15.6. The highest BCUT2D eigenvalue weighted by Gasteiger charge is 2.28. The molecule has 1 aromatic heterocycles. The molecule has 1 fully saturated rings. The Morgan fingerprint density at radius 1 is 1.19 bits per heavy atom. The van der Waals surface area contributed by atoms with Crippen LogP contribution in [-0.4, -0.2) is 31.7 Å². The van der Waals surface area contributed by atoms with E-state index in [-0.39, 0.29) is 12.5 Å². The zero-order valence-electron chi connectivity index (χ0n) is 14.0. The quantitative estimate of drug-likeness (QED) is 0.741. The summed E-state index contributed by atoms with van der Waals surface area (Å²) in [5, 5.41) is 3.33. The van der Waals surface area contributed by atoms with Crippen LogP contribution >= 0.6 is 22.9 Å². The maximum Gasteiger partial charge on any atom is 0.252 e. The van der Waals surface area contributed by atoms with Gasteiger partial charge in [0.2, 0.25) is 5.91 Å². The van der Waals surface area contributed by atoms with Gasteiger partial charge in [0.15, 0.2) is 0 Å². The fraction of sp³-hybridized carbons (Fsp3) is 0.278. The lowest BCUT2D eigenvalue weighted by Gasteiger charge is -2.13. The van der Waals surface area contributed by atoms with Crippen LogP contribution in [0.1, 0.15) is 23.3 Å². The van der Waals surface area contributed by atoms with Crippen molar-refractivity contribution in [2.75, 3.05) is 13.1 Å². The zero-order valence-corrected chi connectivity index (χ0v) is 16.4. The zero-order chi connectivity index (χ0) is 18.6. The number of hydrogen-bond donors (Lipinski definition) is 1. The van der Waals surface area contributed by atoms with Crippen LogP contribution in [0.5, 0.6) is 0 Å². The fourth-order valence-corrected chi connectivity index (χ4v) is 5.82. The number of amides is 1. The van der Waals surface area contributed by atoms with E-state index < -0.39 is 10.0 Å². The van der Waals surface area contributed by atoms with Gasteiger partial charge < -0.3 is 5.32 Å². The Labute approximate surface area is 162 Å². The molecule has 138 valence electrons. The minimum atomic E-state index is -3.40. The molecule has 26 heavy (non-hydrogen) atoms. The van der Waals surface area contributed by atoms with E-state index in [0.717, 1.165) is 23.3 Å². The van der Waals surface area contributed by atoms with Crippen molar-refractivity contribution in [3.63, 3.8) is 0 Å². The Morgan fingerprint density at radius 2 is 1.92 bits per heavy atom. The van der Waals surface area contributed by atoms with E-state index in [2.05, 4.69) is 5.32 Å². The van der Waals surface area contributed by atoms with Gasteiger partial charge in [-0.15, -0.1) is 11.3 Å². The summed E-state index contributed by atoms with van der Waals surface area (Å²) >= 11 is 7.23. The van der Waals surface area contributed by atoms with Crippen LogP contribution in [0.25, 0.3) is 6.08 Å². The molecule has 1 amide bonds. The van der Waals surface area contributed by atoms with Crippen molar-refractivity contribution in [2.45, 2.75) is 23.6 Å². The molecule has 0 radical (unpaired) electrons. The minimum absolute atomic E-state index is 0.262. The van der Waals surface area contributed by atoms with E-state index in [1.54, 1.807) is 24.3 Å². The second kappa shape index (κ2) is 8.35. The number of benzene rings is 1. The molecule has 2 heterocycles. The molecule has 1 aromatic carbocycles. The summed E-state index contributed by atoms with van der Waals surface area (Å²) in [5.41, 5.74) is 0.763. The van der Waals surface area contributed by atoms with Crippen molar-refractivity contribution >= 4 is 44.9 Å². The standard InChI is InChI=1S/C18H19ClN2O3S2/c19-16-6-2-1-5-14(16)7-9-17(22)20-13-15-8-10-18(25-15)26(23,24)21-11-3-4-12-21/h1-2,5-10H,3-4,11-13H2,(H,20,22)/b9-7+. The highest BCUT2D eigenvalue weighted by Crippen LogP contribution is 2.27. The predicted octanol–water partition coefficient (Wildman–Crippen LogP) is 3.52. The monoisotopic (exact) mass is 410 g/mol. The number of hydrogen-bond acceptors (Lipinski definition) is 4. The maximum atomic E-state index is 12.5. The summed E-state index contributed by atoms with van der Waals surface area (Å²) < 4.78 is 26.9. The van der Waals surface area contributed by atoms with Gasteiger partial charge in [-0.25, -0.2) is 8.42 Å². The molecule has 2 aromatic rings. The van der Waals surface area contributed by atoms with Gasteiger partial charge in [-0.2, -0.15) is 4.31 Å². The second-order valence-electron chi connectivity index (χ2n) is 5.90. The molecule has 0 aliphatic carbocycles. The highest BCUT2D eigenvalue weighted by atomic mass is 35.5. The molecule has 1 saturated heterocycles. The first-order chi connectivity index (χ1) is 12.5. The van der Waals surface area contributed by atoms with Gasteiger partial charge in [0.25, 0.3) is 10.0 Å². The average Bonchev–Trinajstić information content (AvgIpc) is 3.31. The third kappa shape index (κ3) is 4.54. The molecule has 8 heteroatoms. The Morgan fingerprint density at radius 3 is 2.65 bits per heavy atom. The van der Waals surface area contributed by atoms with Gasteiger partial charge in [-0.1, -0.05) is 29.8 Å². The minimum Gasteiger partial charge on any atom is -0.348 e.